The summed E-state index contributed by atoms with van der Waals surface area (Å²) in [7, 11) is 0. The van der Waals surface area contributed by atoms with E-state index in [1.54, 1.807) is 45.2 Å². The second kappa shape index (κ2) is 8.02. The van der Waals surface area contributed by atoms with Crippen molar-refractivity contribution in [3.8, 4) is 5.82 Å². The first-order valence-electron chi connectivity index (χ1n) is 8.10. The topological polar surface area (TPSA) is 66.3 Å². The highest BCUT2D eigenvalue weighted by atomic mass is 19.3. The lowest BCUT2D eigenvalue weighted by atomic mass is 10.2. The normalized spacial score (nSPS) is 15.6. The summed E-state index contributed by atoms with van der Waals surface area (Å²) in [5.41, 5.74) is 0.843. The molecule has 9 heteroatoms. The highest BCUT2D eigenvalue weighted by Crippen LogP contribution is 2.10. The zero-order valence-corrected chi connectivity index (χ0v) is 13.7. The van der Waals surface area contributed by atoms with E-state index in [-0.39, 0.29) is 12.6 Å². The maximum Gasteiger partial charge on any atom is 0.317 e. The molecule has 1 N–H and O–H groups in total. The number of carbonyl (C=O) groups is 1. The Balaban J connectivity index is 1.54. The number of halogens is 2. The Hall–Kier alpha value is -2.55. The average Bonchev–Trinajstić information content (AvgIpc) is 3.14. The fraction of sp³-hybridized carbons (Fsp3) is 0.438. The first-order valence-corrected chi connectivity index (χ1v) is 8.10. The van der Waals surface area contributed by atoms with Gasteiger partial charge in [-0.05, 0) is 12.1 Å². The van der Waals surface area contributed by atoms with Crippen LogP contribution in [0.25, 0.3) is 5.82 Å². The number of urea groups is 1. The fourth-order valence-electron chi connectivity index (χ4n) is 2.78. The SMILES string of the molecule is O=C(NCc1cccnc1-n1cccn1)N1CCN(CC(F)F)CC1. The molecule has 0 radical (unpaired) electrons. The van der Waals surface area contributed by atoms with Crippen LogP contribution in [0.3, 0.4) is 0 Å². The predicted molar refractivity (Wildman–Crippen MR) is 87.6 cm³/mol. The number of amides is 2. The first-order chi connectivity index (χ1) is 12.1. The molecule has 0 aliphatic carbocycles. The van der Waals surface area contributed by atoms with Gasteiger partial charge in [-0.1, -0.05) is 6.07 Å². The molecule has 25 heavy (non-hydrogen) atoms. The largest absolute Gasteiger partial charge is 0.334 e. The van der Waals surface area contributed by atoms with Crippen LogP contribution >= 0.6 is 0 Å². The molecular formula is C16H20F2N6O. The Labute approximate surface area is 144 Å². The lowest BCUT2D eigenvalue weighted by Gasteiger charge is -2.34. The standard InChI is InChI=1S/C16H20F2N6O/c17-14(18)12-22-7-9-23(10-8-22)16(25)20-11-13-3-1-4-19-15(13)24-6-2-5-21-24/h1-6,14H,7-12H2,(H,20,25). The van der Waals surface area contributed by atoms with Crippen molar-refractivity contribution >= 4 is 6.03 Å². The number of aromatic nitrogens is 3. The van der Waals surface area contributed by atoms with Crippen molar-refractivity contribution in [3.05, 3.63) is 42.4 Å². The Morgan fingerprint density at radius 1 is 1.20 bits per heavy atom. The molecule has 1 aliphatic rings. The molecule has 0 unspecified atom stereocenters. The van der Waals surface area contributed by atoms with E-state index in [1.165, 1.54) is 0 Å². The monoisotopic (exact) mass is 350 g/mol. The molecule has 1 saturated heterocycles. The van der Waals surface area contributed by atoms with Crippen LogP contribution in [0.2, 0.25) is 0 Å². The van der Waals surface area contributed by atoms with Crippen LogP contribution in [0, 0.1) is 0 Å². The Kier molecular flexibility index (Phi) is 5.54. The molecule has 0 bridgehead atoms. The molecule has 7 nitrogen and oxygen atoms in total. The maximum atomic E-state index is 12.4. The van der Waals surface area contributed by atoms with E-state index in [1.807, 2.05) is 6.07 Å². The summed E-state index contributed by atoms with van der Waals surface area (Å²) in [4.78, 5) is 19.9. The van der Waals surface area contributed by atoms with Crippen LogP contribution in [0.1, 0.15) is 5.56 Å². The third-order valence-electron chi connectivity index (χ3n) is 4.07. The summed E-state index contributed by atoms with van der Waals surface area (Å²) in [5, 5.41) is 7.03. The minimum absolute atomic E-state index is 0.202. The number of hydrogen-bond acceptors (Lipinski definition) is 4. The van der Waals surface area contributed by atoms with E-state index in [0.29, 0.717) is 38.5 Å². The Bertz CT molecular complexity index is 686. The summed E-state index contributed by atoms with van der Waals surface area (Å²) in [6.45, 7) is 1.89. The van der Waals surface area contributed by atoms with Crippen molar-refractivity contribution in [2.45, 2.75) is 13.0 Å². The van der Waals surface area contributed by atoms with Crippen molar-refractivity contribution in [2.75, 3.05) is 32.7 Å². The number of piperazine rings is 1. The quantitative estimate of drug-likeness (QED) is 0.884. The number of carbonyl (C=O) groups excluding carboxylic acids is 1. The summed E-state index contributed by atoms with van der Waals surface area (Å²) in [6, 6.07) is 5.28. The van der Waals surface area contributed by atoms with Crippen molar-refractivity contribution in [3.63, 3.8) is 0 Å². The van der Waals surface area contributed by atoms with Gasteiger partial charge >= 0.3 is 6.03 Å². The number of rotatable bonds is 5. The van der Waals surface area contributed by atoms with Gasteiger partial charge in [-0.25, -0.2) is 23.2 Å². The van der Waals surface area contributed by atoms with Crippen LogP contribution < -0.4 is 5.32 Å². The molecule has 0 atom stereocenters. The van der Waals surface area contributed by atoms with Crippen LogP contribution in [-0.2, 0) is 6.54 Å². The molecule has 134 valence electrons. The van der Waals surface area contributed by atoms with Gasteiger partial charge in [-0.2, -0.15) is 5.10 Å². The molecule has 3 rings (SSSR count). The van der Waals surface area contributed by atoms with E-state index in [4.69, 9.17) is 0 Å². The fourth-order valence-corrected chi connectivity index (χ4v) is 2.78. The number of nitrogens with zero attached hydrogens (tertiary/aromatic N) is 5. The van der Waals surface area contributed by atoms with Gasteiger partial charge in [-0.15, -0.1) is 0 Å². The van der Waals surface area contributed by atoms with Crippen molar-refractivity contribution < 1.29 is 13.6 Å². The van der Waals surface area contributed by atoms with Gasteiger partial charge in [0.25, 0.3) is 6.43 Å². The minimum Gasteiger partial charge on any atom is -0.334 e. The molecule has 0 aromatic carbocycles. The maximum absolute atomic E-state index is 12.4. The van der Waals surface area contributed by atoms with E-state index < -0.39 is 6.43 Å². The predicted octanol–water partition coefficient (Wildman–Crippen LogP) is 1.36. The van der Waals surface area contributed by atoms with Crippen LogP contribution in [0.5, 0.6) is 0 Å². The first kappa shape index (κ1) is 17.3. The van der Waals surface area contributed by atoms with Crippen molar-refractivity contribution in [2.24, 2.45) is 0 Å². The minimum atomic E-state index is -2.34. The molecule has 1 fully saturated rings. The van der Waals surface area contributed by atoms with Crippen LogP contribution in [-0.4, -0.2) is 69.7 Å². The van der Waals surface area contributed by atoms with E-state index >= 15 is 0 Å². The van der Waals surface area contributed by atoms with Gasteiger partial charge in [-0.3, -0.25) is 4.90 Å². The van der Waals surface area contributed by atoms with E-state index in [9.17, 15) is 13.6 Å². The number of alkyl halides is 2. The smallest absolute Gasteiger partial charge is 0.317 e. The van der Waals surface area contributed by atoms with Crippen molar-refractivity contribution in [1.82, 2.24) is 29.9 Å². The molecule has 0 spiro atoms. The van der Waals surface area contributed by atoms with Gasteiger partial charge in [0.15, 0.2) is 5.82 Å². The molecule has 2 aromatic heterocycles. The summed E-state index contributed by atoms with van der Waals surface area (Å²) in [6.07, 6.45) is 2.78. The van der Waals surface area contributed by atoms with Gasteiger partial charge in [0.05, 0.1) is 6.54 Å². The lowest BCUT2D eigenvalue weighted by Crippen LogP contribution is -2.52. The Morgan fingerprint density at radius 2 is 2.00 bits per heavy atom. The van der Waals surface area contributed by atoms with Gasteiger partial charge < -0.3 is 10.2 Å². The zero-order valence-electron chi connectivity index (χ0n) is 13.7. The van der Waals surface area contributed by atoms with Gasteiger partial charge in [0.2, 0.25) is 0 Å². The highest BCUT2D eigenvalue weighted by molar-refractivity contribution is 5.74. The zero-order chi connectivity index (χ0) is 17.6. The van der Waals surface area contributed by atoms with Crippen LogP contribution in [0.4, 0.5) is 13.6 Å². The molecule has 1 aliphatic heterocycles. The molecule has 2 amide bonds. The summed E-state index contributed by atoms with van der Waals surface area (Å²) < 4.78 is 26.4. The average molecular weight is 350 g/mol. The number of nitrogens with one attached hydrogen (secondary N) is 1. The third-order valence-corrected chi connectivity index (χ3v) is 4.07. The molecular weight excluding hydrogens is 330 g/mol. The van der Waals surface area contributed by atoms with E-state index in [0.717, 1.165) is 5.56 Å². The highest BCUT2D eigenvalue weighted by Gasteiger charge is 2.22. The second-order valence-electron chi connectivity index (χ2n) is 5.77. The lowest BCUT2D eigenvalue weighted by molar-refractivity contribution is 0.0636. The van der Waals surface area contributed by atoms with Gasteiger partial charge in [0.1, 0.15) is 0 Å². The summed E-state index contributed by atoms with van der Waals surface area (Å²) in [5.74, 6) is 0.662. The molecule has 0 saturated carbocycles. The Morgan fingerprint density at radius 3 is 2.68 bits per heavy atom. The van der Waals surface area contributed by atoms with Gasteiger partial charge in [0, 0.05) is 56.9 Å². The molecule has 2 aromatic rings. The van der Waals surface area contributed by atoms with Crippen molar-refractivity contribution in [1.29, 1.82) is 0 Å². The second-order valence-corrected chi connectivity index (χ2v) is 5.77. The third kappa shape index (κ3) is 4.50. The summed E-state index contributed by atoms with van der Waals surface area (Å²) >= 11 is 0. The molecule has 3 heterocycles. The van der Waals surface area contributed by atoms with E-state index in [2.05, 4.69) is 15.4 Å². The number of pyridine rings is 1. The van der Waals surface area contributed by atoms with Crippen LogP contribution in [0.15, 0.2) is 36.8 Å². The number of hydrogen-bond donors (Lipinski definition) is 1.